The highest BCUT2D eigenvalue weighted by Gasteiger charge is 2.14. The largest absolute Gasteiger partial charge is 0.490 e. The molecule has 1 aromatic rings. The van der Waals surface area contributed by atoms with Crippen molar-refractivity contribution in [1.82, 2.24) is 5.32 Å². The van der Waals surface area contributed by atoms with Crippen LogP contribution in [0.25, 0.3) is 0 Å². The molecule has 1 aromatic carbocycles. The van der Waals surface area contributed by atoms with Gasteiger partial charge in [-0.2, -0.15) is 0 Å². The summed E-state index contributed by atoms with van der Waals surface area (Å²) in [4.78, 5) is 10.4. The zero-order valence-electron chi connectivity index (χ0n) is 9.81. The van der Waals surface area contributed by atoms with Gasteiger partial charge in [0, 0.05) is 12.6 Å². The van der Waals surface area contributed by atoms with Gasteiger partial charge in [-0.25, -0.2) is 0 Å². The van der Waals surface area contributed by atoms with E-state index in [-0.39, 0.29) is 11.4 Å². The van der Waals surface area contributed by atoms with Gasteiger partial charge in [0.05, 0.1) is 12.0 Å². The Kier molecular flexibility index (Phi) is 5.38. The maximum absolute atomic E-state index is 10.8. The molecule has 1 rings (SSSR count). The van der Waals surface area contributed by atoms with Crippen molar-refractivity contribution in [3.8, 4) is 5.75 Å². The first kappa shape index (κ1) is 13.4. The average molecular weight is 239 g/mol. The number of nitro benzene ring substituents is 1. The number of methoxy groups -OCH3 is 1. The van der Waals surface area contributed by atoms with Gasteiger partial charge < -0.3 is 15.8 Å². The highest BCUT2D eigenvalue weighted by molar-refractivity contribution is 5.48. The maximum atomic E-state index is 10.8. The van der Waals surface area contributed by atoms with E-state index in [1.54, 1.807) is 12.1 Å². The van der Waals surface area contributed by atoms with Crippen molar-refractivity contribution in [2.45, 2.75) is 13.0 Å². The molecule has 3 N–H and O–H groups in total. The Morgan fingerprint density at radius 2 is 2.29 bits per heavy atom. The Bertz CT molecular complexity index is 382. The van der Waals surface area contributed by atoms with Gasteiger partial charge in [-0.3, -0.25) is 10.1 Å². The number of ether oxygens (including phenoxy) is 1. The molecule has 94 valence electrons. The quantitative estimate of drug-likeness (QED) is 0.421. The molecule has 0 saturated carbocycles. The van der Waals surface area contributed by atoms with Crippen molar-refractivity contribution < 1.29 is 9.66 Å². The average Bonchev–Trinajstić information content (AvgIpc) is 2.34. The van der Waals surface area contributed by atoms with Crippen molar-refractivity contribution >= 4 is 5.69 Å². The molecule has 6 nitrogen and oxygen atoms in total. The van der Waals surface area contributed by atoms with Gasteiger partial charge in [-0.1, -0.05) is 6.07 Å². The van der Waals surface area contributed by atoms with E-state index in [4.69, 9.17) is 10.5 Å². The molecule has 0 bridgehead atoms. The third-order valence-electron chi connectivity index (χ3n) is 2.33. The lowest BCUT2D eigenvalue weighted by molar-refractivity contribution is -0.385. The van der Waals surface area contributed by atoms with Gasteiger partial charge in [-0.05, 0) is 31.1 Å². The Hall–Kier alpha value is -1.66. The van der Waals surface area contributed by atoms with Gasteiger partial charge in [0.25, 0.3) is 0 Å². The molecule has 0 heterocycles. The molecule has 0 radical (unpaired) electrons. The first-order valence-corrected chi connectivity index (χ1v) is 5.41. The van der Waals surface area contributed by atoms with Gasteiger partial charge in [0.1, 0.15) is 0 Å². The minimum absolute atomic E-state index is 0.00868. The molecule has 0 unspecified atom stereocenters. The summed E-state index contributed by atoms with van der Waals surface area (Å²) in [6.07, 6.45) is 0.887. The van der Waals surface area contributed by atoms with Crippen LogP contribution in [0.3, 0.4) is 0 Å². The van der Waals surface area contributed by atoms with Crippen LogP contribution < -0.4 is 15.8 Å². The summed E-state index contributed by atoms with van der Waals surface area (Å²) in [7, 11) is 1.42. The van der Waals surface area contributed by atoms with Crippen LogP contribution >= 0.6 is 0 Å². The molecule has 0 aliphatic heterocycles. The van der Waals surface area contributed by atoms with Crippen LogP contribution in [0.4, 0.5) is 5.69 Å². The lowest BCUT2D eigenvalue weighted by Gasteiger charge is -2.06. The molecule has 17 heavy (non-hydrogen) atoms. The fourth-order valence-corrected chi connectivity index (χ4v) is 1.45. The molecular weight excluding hydrogens is 222 g/mol. The van der Waals surface area contributed by atoms with Gasteiger partial charge in [0.15, 0.2) is 5.75 Å². The second kappa shape index (κ2) is 6.82. The second-order valence-corrected chi connectivity index (χ2v) is 3.58. The van der Waals surface area contributed by atoms with Crippen LogP contribution in [-0.4, -0.2) is 25.1 Å². The monoisotopic (exact) mass is 239 g/mol. The standard InChI is InChI=1S/C11H17N3O3/c1-17-11-4-3-9(7-10(11)14(15)16)8-13-6-2-5-12/h3-4,7,13H,2,5-6,8,12H2,1H3. The van der Waals surface area contributed by atoms with E-state index in [0.717, 1.165) is 18.5 Å². The number of rotatable bonds is 7. The van der Waals surface area contributed by atoms with E-state index < -0.39 is 4.92 Å². The summed E-state index contributed by atoms with van der Waals surface area (Å²) >= 11 is 0. The number of nitrogens with zero attached hydrogens (tertiary/aromatic N) is 1. The van der Waals surface area contributed by atoms with E-state index >= 15 is 0 Å². The third kappa shape index (κ3) is 4.01. The smallest absolute Gasteiger partial charge is 0.311 e. The summed E-state index contributed by atoms with van der Waals surface area (Å²) < 4.78 is 4.93. The van der Waals surface area contributed by atoms with Crippen LogP contribution in [0.1, 0.15) is 12.0 Å². The Labute approximate surface area is 99.9 Å². The molecule has 0 amide bonds. The Morgan fingerprint density at radius 3 is 2.88 bits per heavy atom. The summed E-state index contributed by atoms with van der Waals surface area (Å²) in [5.41, 5.74) is 6.21. The number of benzene rings is 1. The lowest BCUT2D eigenvalue weighted by atomic mass is 10.2. The molecule has 0 atom stereocenters. The normalized spacial score (nSPS) is 10.2. The van der Waals surface area contributed by atoms with E-state index in [9.17, 15) is 10.1 Å². The predicted molar refractivity (Wildman–Crippen MR) is 65.0 cm³/mol. The van der Waals surface area contributed by atoms with Crippen molar-refractivity contribution in [3.63, 3.8) is 0 Å². The third-order valence-corrected chi connectivity index (χ3v) is 2.33. The summed E-state index contributed by atoms with van der Waals surface area (Å²) in [6, 6.07) is 4.94. The van der Waals surface area contributed by atoms with Crippen molar-refractivity contribution in [1.29, 1.82) is 0 Å². The summed E-state index contributed by atoms with van der Waals surface area (Å²) in [6.45, 7) is 2.02. The molecular formula is C11H17N3O3. The number of hydrogen-bond donors (Lipinski definition) is 2. The molecule has 6 heteroatoms. The highest BCUT2D eigenvalue weighted by atomic mass is 16.6. The van der Waals surface area contributed by atoms with E-state index in [1.807, 2.05) is 0 Å². The fourth-order valence-electron chi connectivity index (χ4n) is 1.45. The van der Waals surface area contributed by atoms with Gasteiger partial charge in [0.2, 0.25) is 0 Å². The molecule has 0 aliphatic carbocycles. The second-order valence-electron chi connectivity index (χ2n) is 3.58. The topological polar surface area (TPSA) is 90.4 Å². The zero-order valence-corrected chi connectivity index (χ0v) is 9.81. The van der Waals surface area contributed by atoms with Crippen molar-refractivity contribution in [2.24, 2.45) is 5.73 Å². The maximum Gasteiger partial charge on any atom is 0.311 e. The van der Waals surface area contributed by atoms with Gasteiger partial charge >= 0.3 is 5.69 Å². The summed E-state index contributed by atoms with van der Waals surface area (Å²) in [5.74, 6) is 0.278. The predicted octanol–water partition coefficient (Wildman–Crippen LogP) is 1.04. The summed E-state index contributed by atoms with van der Waals surface area (Å²) in [5, 5.41) is 14.0. The van der Waals surface area contributed by atoms with Crippen LogP contribution in [0.5, 0.6) is 5.75 Å². The van der Waals surface area contributed by atoms with Crippen LogP contribution in [0.2, 0.25) is 0 Å². The number of hydrogen-bond acceptors (Lipinski definition) is 5. The zero-order chi connectivity index (χ0) is 12.7. The van der Waals surface area contributed by atoms with Crippen molar-refractivity contribution in [2.75, 3.05) is 20.2 Å². The molecule has 0 aromatic heterocycles. The first-order valence-electron chi connectivity index (χ1n) is 5.41. The van der Waals surface area contributed by atoms with E-state index in [2.05, 4.69) is 5.32 Å². The minimum Gasteiger partial charge on any atom is -0.490 e. The number of nitrogens with one attached hydrogen (secondary N) is 1. The fraction of sp³-hybridized carbons (Fsp3) is 0.455. The Balaban J connectivity index is 2.68. The Morgan fingerprint density at radius 1 is 1.53 bits per heavy atom. The van der Waals surface area contributed by atoms with Crippen molar-refractivity contribution in [3.05, 3.63) is 33.9 Å². The molecule has 0 aliphatic rings. The van der Waals surface area contributed by atoms with Crippen LogP contribution in [-0.2, 0) is 6.54 Å². The van der Waals surface area contributed by atoms with Gasteiger partial charge in [-0.15, -0.1) is 0 Å². The van der Waals surface area contributed by atoms with Crippen LogP contribution in [0, 0.1) is 10.1 Å². The number of nitro groups is 1. The number of nitrogens with two attached hydrogens (primary N) is 1. The molecule has 0 spiro atoms. The lowest BCUT2D eigenvalue weighted by Crippen LogP contribution is -2.17. The van der Waals surface area contributed by atoms with E-state index in [0.29, 0.717) is 13.1 Å². The molecule has 0 fully saturated rings. The molecule has 0 saturated heterocycles. The van der Waals surface area contributed by atoms with Crippen LogP contribution in [0.15, 0.2) is 18.2 Å². The minimum atomic E-state index is -0.442. The van der Waals surface area contributed by atoms with E-state index in [1.165, 1.54) is 13.2 Å². The SMILES string of the molecule is COc1ccc(CNCCCN)cc1[N+](=O)[O-]. The first-order chi connectivity index (χ1) is 8.19. The highest BCUT2D eigenvalue weighted by Crippen LogP contribution is 2.27.